The van der Waals surface area contributed by atoms with E-state index in [0.29, 0.717) is 6.04 Å². The zero-order valence-corrected chi connectivity index (χ0v) is 20.8. The van der Waals surface area contributed by atoms with Crippen molar-refractivity contribution in [1.29, 1.82) is 0 Å². The SMILES string of the molecule is CCNC(=NCC(c1ccc(C)s1)N1CCOCC1)NCCCCSC.I. The first-order valence-electron chi connectivity index (χ1n) is 9.63. The van der Waals surface area contributed by atoms with Crippen molar-refractivity contribution in [3.8, 4) is 0 Å². The first-order chi connectivity index (χ1) is 12.7. The van der Waals surface area contributed by atoms with Crippen molar-refractivity contribution in [3.05, 3.63) is 21.9 Å². The number of aliphatic imine (C=N–C) groups is 1. The monoisotopic (exact) mass is 526 g/mol. The molecule has 156 valence electrons. The van der Waals surface area contributed by atoms with E-state index in [-0.39, 0.29) is 24.0 Å². The molecule has 0 amide bonds. The van der Waals surface area contributed by atoms with Crippen LogP contribution in [0.25, 0.3) is 0 Å². The minimum absolute atomic E-state index is 0. The van der Waals surface area contributed by atoms with Crippen molar-refractivity contribution < 1.29 is 4.74 Å². The summed E-state index contributed by atoms with van der Waals surface area (Å²) in [5, 5.41) is 6.87. The summed E-state index contributed by atoms with van der Waals surface area (Å²) >= 11 is 3.80. The number of aryl methyl sites for hydroxylation is 1. The second-order valence-electron chi connectivity index (χ2n) is 6.46. The average Bonchev–Trinajstić information content (AvgIpc) is 3.08. The summed E-state index contributed by atoms with van der Waals surface area (Å²) in [6.45, 7) is 10.5. The maximum atomic E-state index is 5.54. The molecule has 1 fully saturated rings. The molecular weight excluding hydrogens is 491 g/mol. The molecule has 1 aromatic rings. The standard InChI is InChI=1S/C19H34N4OS2.HI/c1-4-20-19(21-9-5-6-14-25-3)22-15-17(18-8-7-16(2)26-18)23-10-12-24-13-11-23;/h7-8,17H,4-6,9-15H2,1-3H3,(H2,20,21,22);1H. The van der Waals surface area contributed by atoms with Gasteiger partial charge in [-0.25, -0.2) is 0 Å². The van der Waals surface area contributed by atoms with Gasteiger partial charge in [0.25, 0.3) is 0 Å². The van der Waals surface area contributed by atoms with Crippen molar-refractivity contribution in [2.45, 2.75) is 32.7 Å². The van der Waals surface area contributed by atoms with Gasteiger partial charge in [0, 0.05) is 35.9 Å². The second-order valence-corrected chi connectivity index (χ2v) is 8.76. The van der Waals surface area contributed by atoms with Crippen LogP contribution in [-0.2, 0) is 4.74 Å². The summed E-state index contributed by atoms with van der Waals surface area (Å²) in [7, 11) is 0. The van der Waals surface area contributed by atoms with Gasteiger partial charge >= 0.3 is 0 Å². The highest BCUT2D eigenvalue weighted by atomic mass is 127. The number of ether oxygens (including phenoxy) is 1. The summed E-state index contributed by atoms with van der Waals surface area (Å²) in [6.07, 6.45) is 4.59. The Bertz CT molecular complexity index is 536. The molecule has 1 saturated heterocycles. The van der Waals surface area contributed by atoms with Crippen molar-refractivity contribution in [2.75, 3.05) is 57.9 Å². The largest absolute Gasteiger partial charge is 0.379 e. The molecule has 0 aromatic carbocycles. The zero-order valence-electron chi connectivity index (χ0n) is 16.8. The Morgan fingerprint density at radius 3 is 2.70 bits per heavy atom. The van der Waals surface area contributed by atoms with E-state index in [1.807, 2.05) is 23.1 Å². The van der Waals surface area contributed by atoms with E-state index >= 15 is 0 Å². The van der Waals surface area contributed by atoms with Crippen LogP contribution < -0.4 is 10.6 Å². The van der Waals surface area contributed by atoms with E-state index in [9.17, 15) is 0 Å². The van der Waals surface area contributed by atoms with Gasteiger partial charge in [0.15, 0.2) is 5.96 Å². The Morgan fingerprint density at radius 1 is 1.30 bits per heavy atom. The van der Waals surface area contributed by atoms with Gasteiger partial charge in [0.05, 0.1) is 25.8 Å². The first-order valence-corrected chi connectivity index (χ1v) is 11.8. The Kier molecular flexibility index (Phi) is 13.8. The van der Waals surface area contributed by atoms with Crippen LogP contribution in [0.1, 0.15) is 35.6 Å². The lowest BCUT2D eigenvalue weighted by Crippen LogP contribution is -2.41. The van der Waals surface area contributed by atoms with Crippen LogP contribution >= 0.6 is 47.1 Å². The maximum Gasteiger partial charge on any atom is 0.191 e. The summed E-state index contributed by atoms with van der Waals surface area (Å²) in [5.41, 5.74) is 0. The molecule has 0 aliphatic carbocycles. The molecule has 1 aliphatic rings. The van der Waals surface area contributed by atoms with Gasteiger partial charge in [0.1, 0.15) is 0 Å². The lowest BCUT2D eigenvalue weighted by atomic mass is 10.2. The molecule has 1 atom stereocenters. The van der Waals surface area contributed by atoms with Crippen molar-refractivity contribution in [3.63, 3.8) is 0 Å². The van der Waals surface area contributed by atoms with Gasteiger partial charge < -0.3 is 15.4 Å². The molecule has 0 bridgehead atoms. The molecule has 2 rings (SSSR count). The van der Waals surface area contributed by atoms with E-state index in [2.05, 4.69) is 47.8 Å². The average molecular weight is 527 g/mol. The van der Waals surface area contributed by atoms with Crippen LogP contribution in [-0.4, -0.2) is 68.8 Å². The number of thioether (sulfide) groups is 1. The van der Waals surface area contributed by atoms with E-state index in [1.165, 1.54) is 28.3 Å². The van der Waals surface area contributed by atoms with E-state index in [4.69, 9.17) is 9.73 Å². The van der Waals surface area contributed by atoms with Gasteiger partial charge in [-0.1, -0.05) is 0 Å². The minimum Gasteiger partial charge on any atom is -0.379 e. The maximum absolute atomic E-state index is 5.54. The van der Waals surface area contributed by atoms with E-state index in [0.717, 1.165) is 51.9 Å². The number of morpholine rings is 1. The van der Waals surface area contributed by atoms with Gasteiger partial charge in [-0.3, -0.25) is 9.89 Å². The molecule has 0 saturated carbocycles. The number of hydrogen-bond acceptors (Lipinski definition) is 5. The van der Waals surface area contributed by atoms with Crippen LogP contribution in [0.5, 0.6) is 0 Å². The number of halogens is 1. The zero-order chi connectivity index (χ0) is 18.6. The molecule has 1 aromatic heterocycles. The molecule has 1 unspecified atom stereocenters. The van der Waals surface area contributed by atoms with Crippen LogP contribution in [0.4, 0.5) is 0 Å². The summed E-state index contributed by atoms with van der Waals surface area (Å²) in [4.78, 5) is 10.2. The summed E-state index contributed by atoms with van der Waals surface area (Å²) in [6, 6.07) is 4.81. The van der Waals surface area contributed by atoms with Crippen molar-refractivity contribution in [1.82, 2.24) is 15.5 Å². The lowest BCUT2D eigenvalue weighted by Gasteiger charge is -2.33. The highest BCUT2D eigenvalue weighted by Crippen LogP contribution is 2.28. The predicted molar refractivity (Wildman–Crippen MR) is 131 cm³/mol. The van der Waals surface area contributed by atoms with Crippen LogP contribution in [0.2, 0.25) is 0 Å². The first kappa shape index (κ1) is 25.0. The molecule has 5 nitrogen and oxygen atoms in total. The molecule has 27 heavy (non-hydrogen) atoms. The van der Waals surface area contributed by atoms with Crippen molar-refractivity contribution >= 4 is 53.0 Å². The fourth-order valence-electron chi connectivity index (χ4n) is 3.00. The third kappa shape index (κ3) is 9.34. The number of hydrogen-bond donors (Lipinski definition) is 2. The minimum atomic E-state index is 0. The third-order valence-corrected chi connectivity index (χ3v) is 6.21. The molecule has 0 radical (unpaired) electrons. The Morgan fingerprint density at radius 2 is 2.07 bits per heavy atom. The number of thiophene rings is 1. The van der Waals surface area contributed by atoms with E-state index < -0.39 is 0 Å². The Labute approximate surface area is 190 Å². The molecule has 2 heterocycles. The highest BCUT2D eigenvalue weighted by molar-refractivity contribution is 14.0. The predicted octanol–water partition coefficient (Wildman–Crippen LogP) is 3.75. The number of rotatable bonds is 10. The summed E-state index contributed by atoms with van der Waals surface area (Å²) < 4.78 is 5.54. The highest BCUT2D eigenvalue weighted by Gasteiger charge is 2.23. The molecular formula is C19H35IN4OS2. The van der Waals surface area contributed by atoms with Gasteiger partial charge in [0.2, 0.25) is 0 Å². The number of unbranched alkanes of at least 4 members (excludes halogenated alkanes) is 1. The molecule has 0 spiro atoms. The topological polar surface area (TPSA) is 48.9 Å². The fourth-order valence-corrected chi connectivity index (χ4v) is 4.50. The van der Waals surface area contributed by atoms with Gasteiger partial charge in [-0.05, 0) is 50.8 Å². The van der Waals surface area contributed by atoms with Gasteiger partial charge in [-0.15, -0.1) is 35.3 Å². The fraction of sp³-hybridized carbons (Fsp3) is 0.737. The van der Waals surface area contributed by atoms with Gasteiger partial charge in [-0.2, -0.15) is 11.8 Å². The molecule has 8 heteroatoms. The Balaban J connectivity index is 0.00000364. The third-order valence-electron chi connectivity index (χ3n) is 4.41. The number of nitrogens with one attached hydrogen (secondary N) is 2. The normalized spacial score (nSPS) is 16.6. The quantitative estimate of drug-likeness (QED) is 0.211. The second kappa shape index (κ2) is 14.9. The number of nitrogens with zero attached hydrogens (tertiary/aromatic N) is 2. The lowest BCUT2D eigenvalue weighted by molar-refractivity contribution is 0.0186. The van der Waals surface area contributed by atoms with E-state index in [1.54, 1.807) is 0 Å². The summed E-state index contributed by atoms with van der Waals surface area (Å²) in [5.74, 6) is 2.16. The molecule has 1 aliphatic heterocycles. The van der Waals surface area contributed by atoms with Crippen LogP contribution in [0.15, 0.2) is 17.1 Å². The Hall–Kier alpha value is -0.0300. The smallest absolute Gasteiger partial charge is 0.191 e. The van der Waals surface area contributed by atoms with Crippen molar-refractivity contribution in [2.24, 2.45) is 4.99 Å². The molecule has 2 N–H and O–H groups in total. The van der Waals surface area contributed by atoms with Crippen LogP contribution in [0, 0.1) is 6.92 Å². The number of guanidine groups is 1. The van der Waals surface area contributed by atoms with Crippen LogP contribution in [0.3, 0.4) is 0 Å².